The Kier molecular flexibility index (Phi) is 4.79. The van der Waals surface area contributed by atoms with Crippen molar-refractivity contribution in [1.82, 2.24) is 0 Å². The second kappa shape index (κ2) is 6.92. The summed E-state index contributed by atoms with van der Waals surface area (Å²) in [6, 6.07) is 8.26. The molecule has 8 atom stereocenters. The lowest BCUT2D eigenvalue weighted by molar-refractivity contribution is -0.126. The Hall–Kier alpha value is -1.15. The number of benzene rings is 1. The van der Waals surface area contributed by atoms with E-state index in [1.54, 1.807) is 0 Å². The van der Waals surface area contributed by atoms with Gasteiger partial charge in [0.1, 0.15) is 0 Å². The first-order chi connectivity index (χ1) is 14.2. The second-order valence-corrected chi connectivity index (χ2v) is 12.2. The molecule has 0 radical (unpaired) electrons. The summed E-state index contributed by atoms with van der Waals surface area (Å²) in [5.41, 5.74) is 9.81. The molecule has 2 unspecified atom stereocenters. The maximum atomic E-state index is 13.6. The van der Waals surface area contributed by atoms with Crippen LogP contribution in [0, 0.1) is 47.3 Å². The molecule has 0 amide bonds. The highest BCUT2D eigenvalue weighted by atomic mass is 16.1. The fourth-order valence-corrected chi connectivity index (χ4v) is 9.03. The largest absolute Gasteiger partial charge is 0.325 e. The predicted octanol–water partition coefficient (Wildman–Crippen LogP) is 6.55. The number of fused-ring (bicyclic) bond motifs is 5. The third-order valence-electron chi connectivity index (χ3n) is 10.8. The lowest BCUT2D eigenvalue weighted by Crippen LogP contribution is -2.66. The monoisotopic (exact) mass is 407 g/mol. The number of aryl methyl sites for hydroxylation is 1. The molecule has 0 saturated heterocycles. The van der Waals surface area contributed by atoms with Gasteiger partial charge in [-0.2, -0.15) is 0 Å². The number of hydrogen-bond donors (Lipinski definition) is 1. The van der Waals surface area contributed by atoms with Crippen LogP contribution in [0.4, 0.5) is 0 Å². The van der Waals surface area contributed by atoms with Crippen molar-refractivity contribution < 1.29 is 4.79 Å². The normalized spacial score (nSPS) is 47.8. The van der Waals surface area contributed by atoms with Gasteiger partial charge in [0.05, 0.1) is 0 Å². The van der Waals surface area contributed by atoms with Crippen molar-refractivity contribution in [2.24, 2.45) is 46.2 Å². The van der Waals surface area contributed by atoms with Crippen molar-refractivity contribution in [3.63, 3.8) is 0 Å². The molecule has 4 saturated carbocycles. The van der Waals surface area contributed by atoms with Crippen LogP contribution in [-0.2, 0) is 0 Å². The summed E-state index contributed by atoms with van der Waals surface area (Å²) in [6.07, 6.45) is 11.1. The molecule has 0 aromatic heterocycles. The van der Waals surface area contributed by atoms with Crippen molar-refractivity contribution >= 4 is 5.78 Å². The Morgan fingerprint density at radius 3 is 2.57 bits per heavy atom. The smallest absolute Gasteiger partial charge is 0.166 e. The van der Waals surface area contributed by atoms with E-state index < -0.39 is 0 Å². The van der Waals surface area contributed by atoms with Gasteiger partial charge in [-0.15, -0.1) is 0 Å². The van der Waals surface area contributed by atoms with Crippen molar-refractivity contribution in [3.8, 4) is 0 Å². The van der Waals surface area contributed by atoms with Crippen LogP contribution in [0.2, 0.25) is 0 Å². The van der Waals surface area contributed by atoms with Crippen molar-refractivity contribution in [1.29, 1.82) is 0 Å². The Morgan fingerprint density at radius 2 is 1.80 bits per heavy atom. The fraction of sp³-hybridized carbons (Fsp3) is 0.750. The zero-order valence-corrected chi connectivity index (χ0v) is 19.5. The van der Waals surface area contributed by atoms with E-state index in [2.05, 4.69) is 39.8 Å². The summed E-state index contributed by atoms with van der Waals surface area (Å²) in [6.45, 7) is 9.50. The molecule has 0 aliphatic heterocycles. The molecular formula is C28H41NO. The summed E-state index contributed by atoms with van der Waals surface area (Å²) >= 11 is 0. The number of carbonyl (C=O) groups is 1. The van der Waals surface area contributed by atoms with Gasteiger partial charge in [0.25, 0.3) is 0 Å². The summed E-state index contributed by atoms with van der Waals surface area (Å²) in [7, 11) is 0. The molecule has 30 heavy (non-hydrogen) atoms. The van der Waals surface area contributed by atoms with Crippen LogP contribution < -0.4 is 5.73 Å². The van der Waals surface area contributed by atoms with Gasteiger partial charge in [-0.3, -0.25) is 4.79 Å². The first-order valence-electron chi connectivity index (χ1n) is 12.6. The van der Waals surface area contributed by atoms with E-state index in [9.17, 15) is 4.79 Å². The van der Waals surface area contributed by atoms with E-state index in [1.165, 1.54) is 56.9 Å². The molecule has 2 heteroatoms. The van der Waals surface area contributed by atoms with Gasteiger partial charge in [-0.05, 0) is 98.9 Å². The van der Waals surface area contributed by atoms with Gasteiger partial charge in [0.2, 0.25) is 0 Å². The Balaban J connectivity index is 1.42. The van der Waals surface area contributed by atoms with E-state index in [-0.39, 0.29) is 16.9 Å². The minimum atomic E-state index is 0.0367. The molecular weight excluding hydrogens is 366 g/mol. The molecule has 5 rings (SSSR count). The van der Waals surface area contributed by atoms with Gasteiger partial charge >= 0.3 is 0 Å². The van der Waals surface area contributed by atoms with Crippen LogP contribution in [0.3, 0.4) is 0 Å². The Morgan fingerprint density at radius 1 is 1.00 bits per heavy atom. The molecule has 4 fully saturated rings. The maximum Gasteiger partial charge on any atom is 0.166 e. The van der Waals surface area contributed by atoms with E-state index >= 15 is 0 Å². The van der Waals surface area contributed by atoms with Crippen LogP contribution in [0.5, 0.6) is 0 Å². The number of carbonyl (C=O) groups excluding carboxylic acids is 1. The van der Waals surface area contributed by atoms with Crippen molar-refractivity contribution in [2.45, 2.75) is 91.0 Å². The average Bonchev–Trinajstić information content (AvgIpc) is 3.05. The predicted molar refractivity (Wildman–Crippen MR) is 123 cm³/mol. The number of Topliss-reactive ketones (excluding diaryl/α,β-unsaturated/α-hetero) is 1. The molecule has 2 nitrogen and oxygen atoms in total. The summed E-state index contributed by atoms with van der Waals surface area (Å²) in [5.74, 6) is 3.62. The highest BCUT2D eigenvalue weighted by Gasteiger charge is 2.64. The lowest BCUT2D eigenvalue weighted by Gasteiger charge is -2.65. The van der Waals surface area contributed by atoms with Gasteiger partial charge in [0.15, 0.2) is 5.78 Å². The molecule has 4 aliphatic carbocycles. The zero-order valence-electron chi connectivity index (χ0n) is 19.5. The zero-order chi connectivity index (χ0) is 21.3. The summed E-state index contributed by atoms with van der Waals surface area (Å²) in [4.78, 5) is 13.6. The molecule has 0 heterocycles. The summed E-state index contributed by atoms with van der Waals surface area (Å²) < 4.78 is 0. The van der Waals surface area contributed by atoms with Crippen molar-refractivity contribution in [2.75, 3.05) is 0 Å². The number of ketones is 1. The van der Waals surface area contributed by atoms with Gasteiger partial charge in [-0.1, -0.05) is 51.0 Å². The van der Waals surface area contributed by atoms with Gasteiger partial charge in [0, 0.05) is 17.0 Å². The fourth-order valence-electron chi connectivity index (χ4n) is 9.03. The SMILES string of the molecule is Cc1cccc(C(=O)[C@H]2CCC3[C@@H]4CC[C@]5(N)C[C@@H](C)CC[C@]5(C)C4CC[C@@]32C)c1. The first kappa shape index (κ1) is 20.7. The van der Waals surface area contributed by atoms with E-state index in [1.807, 2.05) is 12.1 Å². The Labute approximate surface area is 183 Å². The highest BCUT2D eigenvalue weighted by Crippen LogP contribution is 2.68. The minimum absolute atomic E-state index is 0.0367. The number of nitrogens with two attached hydrogens (primary N) is 1. The molecule has 4 aliphatic rings. The third-order valence-corrected chi connectivity index (χ3v) is 10.8. The highest BCUT2D eigenvalue weighted by molar-refractivity contribution is 5.98. The van der Waals surface area contributed by atoms with Gasteiger partial charge in [-0.25, -0.2) is 0 Å². The molecule has 2 N–H and O–H groups in total. The van der Waals surface area contributed by atoms with E-state index in [0.29, 0.717) is 17.1 Å². The number of rotatable bonds is 2. The van der Waals surface area contributed by atoms with Crippen LogP contribution >= 0.6 is 0 Å². The lowest BCUT2D eigenvalue weighted by atomic mass is 9.42. The maximum absolute atomic E-state index is 13.6. The molecule has 0 bridgehead atoms. The third kappa shape index (κ3) is 2.81. The molecule has 164 valence electrons. The van der Waals surface area contributed by atoms with Crippen LogP contribution in [0.25, 0.3) is 0 Å². The quantitative estimate of drug-likeness (QED) is 0.565. The van der Waals surface area contributed by atoms with Crippen LogP contribution in [0.1, 0.15) is 94.5 Å². The van der Waals surface area contributed by atoms with Crippen molar-refractivity contribution in [3.05, 3.63) is 35.4 Å². The topological polar surface area (TPSA) is 43.1 Å². The van der Waals surface area contributed by atoms with Gasteiger partial charge < -0.3 is 5.73 Å². The minimum Gasteiger partial charge on any atom is -0.325 e. The molecule has 1 aromatic carbocycles. The average molecular weight is 408 g/mol. The molecule has 0 spiro atoms. The van der Waals surface area contributed by atoms with E-state index in [4.69, 9.17) is 5.73 Å². The molecule has 1 aromatic rings. The first-order valence-corrected chi connectivity index (χ1v) is 12.6. The van der Waals surface area contributed by atoms with Crippen LogP contribution in [0.15, 0.2) is 24.3 Å². The standard InChI is InChI=1S/C28H41NO/c1-18-6-5-7-20(16-18)25(30)24-9-8-22-21-11-15-28(29)17-19(2)10-14-27(28,4)23(21)12-13-26(22,24)3/h5-7,16,19,21-24H,8-15,17,29H2,1-4H3/t19-,21-,22?,23?,24+,26-,27+,28-/m0/s1. The van der Waals surface area contributed by atoms with Crippen LogP contribution in [-0.4, -0.2) is 11.3 Å². The Bertz CT molecular complexity index is 847. The van der Waals surface area contributed by atoms with E-state index in [0.717, 1.165) is 29.7 Å². The second-order valence-electron chi connectivity index (χ2n) is 12.2. The summed E-state index contributed by atoms with van der Waals surface area (Å²) in [5, 5.41) is 0. The number of hydrogen-bond acceptors (Lipinski definition) is 2.